The first-order valence-electron chi connectivity index (χ1n) is 5.01. The first kappa shape index (κ1) is 11.9. The minimum atomic E-state index is 0.839. The lowest BCUT2D eigenvalue weighted by Crippen LogP contribution is -2.19. The second kappa shape index (κ2) is 7.56. The van der Waals surface area contributed by atoms with Gasteiger partial charge in [0.25, 0.3) is 0 Å². The molecular weight excluding hydrogens is 148 g/mol. The van der Waals surface area contributed by atoms with Crippen LogP contribution in [0.2, 0.25) is 0 Å². The summed E-state index contributed by atoms with van der Waals surface area (Å²) in [7, 11) is 4.04. The fourth-order valence-electron chi connectivity index (χ4n) is 1.31. The van der Waals surface area contributed by atoms with Crippen molar-refractivity contribution in [2.45, 2.75) is 26.7 Å². The van der Waals surface area contributed by atoms with Gasteiger partial charge in [-0.3, -0.25) is 0 Å². The summed E-state index contributed by atoms with van der Waals surface area (Å²) in [5, 5.41) is 6.39. The Balaban J connectivity index is 3.39. The van der Waals surface area contributed by atoms with Crippen molar-refractivity contribution >= 4 is 0 Å². The molecule has 74 valence electrons. The first-order chi connectivity index (χ1) is 5.72. The Morgan fingerprint density at radius 3 is 1.42 bits per heavy atom. The molecule has 0 rings (SSSR count). The summed E-state index contributed by atoms with van der Waals surface area (Å²) in [5.74, 6) is 1.68. The van der Waals surface area contributed by atoms with E-state index in [4.69, 9.17) is 0 Å². The minimum Gasteiger partial charge on any atom is -0.320 e. The Hall–Kier alpha value is -0.0800. The fraction of sp³-hybridized carbons (Fsp3) is 1.00. The molecule has 2 N–H and O–H groups in total. The van der Waals surface area contributed by atoms with Crippen LogP contribution in [-0.2, 0) is 0 Å². The molecule has 12 heavy (non-hydrogen) atoms. The molecule has 0 fully saturated rings. The maximum atomic E-state index is 3.19. The van der Waals surface area contributed by atoms with Crippen molar-refractivity contribution in [1.29, 1.82) is 0 Å². The third kappa shape index (κ3) is 5.56. The van der Waals surface area contributed by atoms with Gasteiger partial charge in [-0.1, -0.05) is 13.8 Å². The molecule has 2 nitrogen and oxygen atoms in total. The molecule has 0 aliphatic rings. The maximum absolute atomic E-state index is 3.19. The number of hydrogen-bond acceptors (Lipinski definition) is 2. The van der Waals surface area contributed by atoms with Crippen molar-refractivity contribution in [1.82, 2.24) is 10.6 Å². The summed E-state index contributed by atoms with van der Waals surface area (Å²) < 4.78 is 0. The molecule has 0 bridgehead atoms. The summed E-state index contributed by atoms with van der Waals surface area (Å²) >= 11 is 0. The van der Waals surface area contributed by atoms with E-state index in [2.05, 4.69) is 24.5 Å². The highest BCUT2D eigenvalue weighted by molar-refractivity contribution is 4.63. The zero-order chi connectivity index (χ0) is 9.40. The van der Waals surface area contributed by atoms with Gasteiger partial charge in [0.1, 0.15) is 0 Å². The summed E-state index contributed by atoms with van der Waals surface area (Å²) in [4.78, 5) is 0. The van der Waals surface area contributed by atoms with Crippen LogP contribution in [0.15, 0.2) is 0 Å². The molecule has 0 spiro atoms. The van der Waals surface area contributed by atoms with Gasteiger partial charge >= 0.3 is 0 Å². The van der Waals surface area contributed by atoms with E-state index in [1.54, 1.807) is 0 Å². The van der Waals surface area contributed by atoms with E-state index < -0.39 is 0 Å². The molecule has 0 saturated carbocycles. The third-order valence-corrected chi connectivity index (χ3v) is 2.67. The lowest BCUT2D eigenvalue weighted by Gasteiger charge is -2.19. The van der Waals surface area contributed by atoms with Crippen molar-refractivity contribution in [2.24, 2.45) is 11.8 Å². The average Bonchev–Trinajstić information content (AvgIpc) is 2.10. The summed E-state index contributed by atoms with van der Waals surface area (Å²) in [6.45, 7) is 6.98. The van der Waals surface area contributed by atoms with Crippen molar-refractivity contribution in [3.05, 3.63) is 0 Å². The monoisotopic (exact) mass is 172 g/mol. The topological polar surface area (TPSA) is 24.1 Å². The summed E-state index contributed by atoms with van der Waals surface area (Å²) in [5.41, 5.74) is 0. The van der Waals surface area contributed by atoms with Crippen LogP contribution in [0.5, 0.6) is 0 Å². The second-order valence-electron chi connectivity index (χ2n) is 3.74. The molecule has 0 radical (unpaired) electrons. The number of rotatable bonds is 7. The molecular formula is C10H24N2. The van der Waals surface area contributed by atoms with Gasteiger partial charge in [0.2, 0.25) is 0 Å². The van der Waals surface area contributed by atoms with Crippen LogP contribution >= 0.6 is 0 Å². The molecule has 0 aromatic rings. The first-order valence-corrected chi connectivity index (χ1v) is 5.01. The summed E-state index contributed by atoms with van der Waals surface area (Å²) in [6, 6.07) is 0. The van der Waals surface area contributed by atoms with E-state index in [9.17, 15) is 0 Å². The molecule has 0 aromatic heterocycles. The van der Waals surface area contributed by atoms with Gasteiger partial charge < -0.3 is 10.6 Å². The van der Waals surface area contributed by atoms with E-state index in [0.29, 0.717) is 0 Å². The predicted octanol–water partition coefficient (Wildman–Crippen LogP) is 1.48. The maximum Gasteiger partial charge on any atom is -0.00493 e. The van der Waals surface area contributed by atoms with Crippen molar-refractivity contribution in [2.75, 3.05) is 27.2 Å². The van der Waals surface area contributed by atoms with Gasteiger partial charge in [-0.25, -0.2) is 0 Å². The molecule has 0 aliphatic carbocycles. The van der Waals surface area contributed by atoms with Crippen LogP contribution in [0.4, 0.5) is 0 Å². The van der Waals surface area contributed by atoms with Crippen LogP contribution < -0.4 is 10.6 Å². The Morgan fingerprint density at radius 2 is 1.17 bits per heavy atom. The standard InChI is InChI=1S/C10H24N2/c1-9(5-7-11-3)10(2)6-8-12-4/h9-12H,5-8H2,1-4H3. The molecule has 2 heteroatoms. The van der Waals surface area contributed by atoms with Gasteiger partial charge in [0.15, 0.2) is 0 Å². The van der Waals surface area contributed by atoms with Crippen LogP contribution in [0.1, 0.15) is 26.7 Å². The third-order valence-electron chi connectivity index (χ3n) is 2.67. The molecule has 0 saturated heterocycles. The van der Waals surface area contributed by atoms with E-state index in [1.807, 2.05) is 14.1 Å². The lowest BCUT2D eigenvalue weighted by atomic mass is 9.90. The van der Waals surface area contributed by atoms with E-state index in [0.717, 1.165) is 24.9 Å². The van der Waals surface area contributed by atoms with E-state index in [1.165, 1.54) is 12.8 Å². The highest BCUT2D eigenvalue weighted by atomic mass is 14.8. The Labute approximate surface area is 77.1 Å². The molecule has 0 heterocycles. The zero-order valence-corrected chi connectivity index (χ0v) is 8.98. The van der Waals surface area contributed by atoms with Crippen LogP contribution in [-0.4, -0.2) is 27.2 Å². The smallest absolute Gasteiger partial charge is 0.00493 e. The second-order valence-corrected chi connectivity index (χ2v) is 3.74. The van der Waals surface area contributed by atoms with E-state index in [-0.39, 0.29) is 0 Å². The normalized spacial score (nSPS) is 16.0. The predicted molar refractivity (Wildman–Crippen MR) is 55.4 cm³/mol. The molecule has 0 aromatic carbocycles. The van der Waals surface area contributed by atoms with Gasteiger partial charge in [-0.2, -0.15) is 0 Å². The minimum absolute atomic E-state index is 0.839. The Morgan fingerprint density at radius 1 is 0.833 bits per heavy atom. The lowest BCUT2D eigenvalue weighted by molar-refractivity contribution is 0.339. The fourth-order valence-corrected chi connectivity index (χ4v) is 1.31. The van der Waals surface area contributed by atoms with Gasteiger partial charge in [0.05, 0.1) is 0 Å². The quantitative estimate of drug-likeness (QED) is 0.608. The average molecular weight is 172 g/mol. The van der Waals surface area contributed by atoms with Gasteiger partial charge in [-0.05, 0) is 51.9 Å². The van der Waals surface area contributed by atoms with Crippen LogP contribution in [0.25, 0.3) is 0 Å². The SMILES string of the molecule is CNCCC(C)C(C)CCNC. The van der Waals surface area contributed by atoms with Crippen molar-refractivity contribution < 1.29 is 0 Å². The molecule has 0 aliphatic heterocycles. The summed E-state index contributed by atoms with van der Waals surface area (Å²) in [6.07, 6.45) is 2.59. The highest BCUT2D eigenvalue weighted by Gasteiger charge is 2.10. The highest BCUT2D eigenvalue weighted by Crippen LogP contribution is 2.17. The van der Waals surface area contributed by atoms with Crippen LogP contribution in [0.3, 0.4) is 0 Å². The zero-order valence-electron chi connectivity index (χ0n) is 8.98. The molecule has 0 amide bonds. The van der Waals surface area contributed by atoms with Crippen molar-refractivity contribution in [3.8, 4) is 0 Å². The Kier molecular flexibility index (Phi) is 7.51. The molecule has 2 atom stereocenters. The number of hydrogen-bond donors (Lipinski definition) is 2. The largest absolute Gasteiger partial charge is 0.320 e. The molecule has 2 unspecified atom stereocenters. The van der Waals surface area contributed by atoms with Gasteiger partial charge in [0, 0.05) is 0 Å². The van der Waals surface area contributed by atoms with E-state index >= 15 is 0 Å². The van der Waals surface area contributed by atoms with Crippen LogP contribution in [0, 0.1) is 11.8 Å². The van der Waals surface area contributed by atoms with Crippen molar-refractivity contribution in [3.63, 3.8) is 0 Å². The van der Waals surface area contributed by atoms with Gasteiger partial charge in [-0.15, -0.1) is 0 Å². The number of nitrogens with one attached hydrogen (secondary N) is 2. The Bertz CT molecular complexity index is 81.8.